The summed E-state index contributed by atoms with van der Waals surface area (Å²) in [5.41, 5.74) is 0.525. The van der Waals surface area contributed by atoms with Crippen molar-refractivity contribution in [3.05, 3.63) is 52.5 Å². The highest BCUT2D eigenvalue weighted by Gasteiger charge is 2.07. The van der Waals surface area contributed by atoms with Crippen LogP contribution in [0.25, 0.3) is 0 Å². The van der Waals surface area contributed by atoms with Crippen LogP contribution in [0.15, 0.2) is 42.5 Å². The summed E-state index contributed by atoms with van der Waals surface area (Å²) in [5.74, 6) is 0.304. The summed E-state index contributed by atoms with van der Waals surface area (Å²) in [6.45, 7) is -0.296. The molecule has 0 aliphatic rings. The van der Waals surface area contributed by atoms with Gasteiger partial charge in [0.05, 0.1) is 10.0 Å². The van der Waals surface area contributed by atoms with E-state index in [0.717, 1.165) is 0 Å². The molecule has 0 aliphatic heterocycles. The van der Waals surface area contributed by atoms with Crippen LogP contribution >= 0.6 is 23.2 Å². The number of hydrogen-bond acceptors (Lipinski definition) is 4. The van der Waals surface area contributed by atoms with Crippen molar-refractivity contribution in [3.63, 3.8) is 0 Å². The van der Waals surface area contributed by atoms with E-state index in [1.807, 2.05) is 0 Å². The molecule has 0 fully saturated rings. The highest BCUT2D eigenvalue weighted by atomic mass is 35.5. The monoisotopic (exact) mass is 382 g/mol. The number of amides is 2. The lowest BCUT2D eigenvalue weighted by atomic mass is 10.3. The largest absolute Gasteiger partial charge is 0.484 e. The van der Waals surface area contributed by atoms with Gasteiger partial charge in [0.15, 0.2) is 13.2 Å². The molecule has 0 spiro atoms. The van der Waals surface area contributed by atoms with Gasteiger partial charge in [-0.2, -0.15) is 0 Å². The fourth-order valence-electron chi connectivity index (χ4n) is 1.80. The molecule has 0 aromatic heterocycles. The van der Waals surface area contributed by atoms with E-state index in [2.05, 4.69) is 10.6 Å². The van der Waals surface area contributed by atoms with Crippen LogP contribution in [0.1, 0.15) is 0 Å². The van der Waals surface area contributed by atoms with Crippen molar-refractivity contribution in [1.29, 1.82) is 0 Å². The van der Waals surface area contributed by atoms with Gasteiger partial charge in [0.25, 0.3) is 11.8 Å². The number of hydrogen-bond donors (Lipinski definition) is 2. The van der Waals surface area contributed by atoms with Gasteiger partial charge < -0.3 is 20.1 Å². The first kappa shape index (κ1) is 18.9. The summed E-state index contributed by atoms with van der Waals surface area (Å²) in [7, 11) is 1.52. The van der Waals surface area contributed by atoms with Crippen LogP contribution in [-0.4, -0.2) is 32.1 Å². The van der Waals surface area contributed by atoms with Crippen LogP contribution in [0.3, 0.4) is 0 Å². The second kappa shape index (κ2) is 9.15. The molecule has 132 valence electrons. The summed E-state index contributed by atoms with van der Waals surface area (Å²) >= 11 is 11.7. The number of likely N-dealkylation sites (N-methyl/N-ethyl adjacent to an activating group) is 1. The molecule has 0 saturated carbocycles. The van der Waals surface area contributed by atoms with Gasteiger partial charge in [-0.1, -0.05) is 29.3 Å². The van der Waals surface area contributed by atoms with Crippen LogP contribution < -0.4 is 20.1 Å². The first-order chi connectivity index (χ1) is 12.0. The molecule has 0 saturated heterocycles. The van der Waals surface area contributed by atoms with E-state index < -0.39 is 0 Å². The molecule has 2 rings (SSSR count). The average molecular weight is 383 g/mol. The van der Waals surface area contributed by atoms with Crippen LogP contribution in [0.4, 0.5) is 5.69 Å². The fraction of sp³-hybridized carbons (Fsp3) is 0.176. The van der Waals surface area contributed by atoms with E-state index in [1.165, 1.54) is 13.1 Å². The predicted molar refractivity (Wildman–Crippen MR) is 96.6 cm³/mol. The molecule has 0 heterocycles. The molecule has 0 atom stereocenters. The summed E-state index contributed by atoms with van der Waals surface area (Å²) in [6, 6.07) is 11.4. The third-order valence-corrected chi connectivity index (χ3v) is 3.77. The third kappa shape index (κ3) is 6.17. The van der Waals surface area contributed by atoms with Crippen molar-refractivity contribution in [2.24, 2.45) is 0 Å². The molecule has 8 heteroatoms. The van der Waals surface area contributed by atoms with E-state index >= 15 is 0 Å². The highest BCUT2D eigenvalue weighted by Crippen LogP contribution is 2.26. The van der Waals surface area contributed by atoms with Gasteiger partial charge in [0, 0.05) is 24.9 Å². The van der Waals surface area contributed by atoms with Gasteiger partial charge in [0.1, 0.15) is 11.5 Å². The van der Waals surface area contributed by atoms with Gasteiger partial charge in [0.2, 0.25) is 0 Å². The average Bonchev–Trinajstić information content (AvgIpc) is 2.61. The molecular weight excluding hydrogens is 367 g/mol. The Morgan fingerprint density at radius 3 is 2.28 bits per heavy atom. The van der Waals surface area contributed by atoms with Gasteiger partial charge in [-0.05, 0) is 24.3 Å². The van der Waals surface area contributed by atoms with Crippen LogP contribution in [-0.2, 0) is 9.59 Å². The molecule has 6 nitrogen and oxygen atoms in total. The van der Waals surface area contributed by atoms with Gasteiger partial charge in [-0.15, -0.1) is 0 Å². The smallest absolute Gasteiger partial charge is 0.262 e. The lowest BCUT2D eigenvalue weighted by molar-refractivity contribution is -0.122. The standard InChI is InChI=1S/C17H16Cl2N2O4/c1-20-16(22)9-24-12-4-2-3-11(7-12)21-17(23)10-25-13-5-6-14(18)15(19)8-13/h2-8H,9-10H2,1H3,(H,20,22)(H,21,23). The number of benzene rings is 2. The number of anilines is 1. The number of halogens is 2. The second-order valence-corrected chi connectivity index (χ2v) is 5.72. The molecule has 0 aliphatic carbocycles. The number of rotatable bonds is 7. The Kier molecular flexibility index (Phi) is 6.91. The van der Waals surface area contributed by atoms with Crippen LogP contribution in [0.2, 0.25) is 10.0 Å². The van der Waals surface area contributed by atoms with Gasteiger partial charge >= 0.3 is 0 Å². The molecule has 2 aromatic rings. The maximum Gasteiger partial charge on any atom is 0.262 e. The summed E-state index contributed by atoms with van der Waals surface area (Å²) in [4.78, 5) is 23.1. The Labute approximate surface area is 155 Å². The maximum absolute atomic E-state index is 12.0. The molecule has 25 heavy (non-hydrogen) atoms. The lowest BCUT2D eigenvalue weighted by Gasteiger charge is -2.10. The Bertz CT molecular complexity index is 768. The molecular formula is C17H16Cl2N2O4. The minimum atomic E-state index is -0.352. The second-order valence-electron chi connectivity index (χ2n) is 4.90. The minimum absolute atomic E-state index is 0.103. The van der Waals surface area contributed by atoms with E-state index in [-0.39, 0.29) is 25.0 Å². The topological polar surface area (TPSA) is 76.7 Å². The number of nitrogens with one attached hydrogen (secondary N) is 2. The van der Waals surface area contributed by atoms with Crippen molar-refractivity contribution in [1.82, 2.24) is 5.32 Å². The maximum atomic E-state index is 12.0. The quantitative estimate of drug-likeness (QED) is 0.770. The first-order valence-electron chi connectivity index (χ1n) is 7.29. The molecule has 2 aromatic carbocycles. The van der Waals surface area contributed by atoms with Crippen molar-refractivity contribution in [2.45, 2.75) is 0 Å². The molecule has 0 radical (unpaired) electrons. The Balaban J connectivity index is 1.87. The number of carbonyl (C=O) groups excluding carboxylic acids is 2. The number of ether oxygens (including phenoxy) is 2. The lowest BCUT2D eigenvalue weighted by Crippen LogP contribution is -2.24. The van der Waals surface area contributed by atoms with E-state index in [4.69, 9.17) is 32.7 Å². The van der Waals surface area contributed by atoms with E-state index in [9.17, 15) is 9.59 Å². The van der Waals surface area contributed by atoms with Crippen LogP contribution in [0, 0.1) is 0 Å². The first-order valence-corrected chi connectivity index (χ1v) is 8.04. The summed E-state index contributed by atoms with van der Waals surface area (Å²) in [5, 5.41) is 5.89. The summed E-state index contributed by atoms with van der Waals surface area (Å²) < 4.78 is 10.7. The van der Waals surface area contributed by atoms with Crippen molar-refractivity contribution >= 4 is 40.7 Å². The Morgan fingerprint density at radius 1 is 0.920 bits per heavy atom. The van der Waals surface area contributed by atoms with Gasteiger partial charge in [-0.3, -0.25) is 9.59 Å². The molecule has 0 unspecified atom stereocenters. The number of carbonyl (C=O) groups is 2. The molecule has 2 amide bonds. The third-order valence-electron chi connectivity index (χ3n) is 3.03. The highest BCUT2D eigenvalue weighted by molar-refractivity contribution is 6.42. The minimum Gasteiger partial charge on any atom is -0.484 e. The zero-order chi connectivity index (χ0) is 18.2. The summed E-state index contributed by atoms with van der Waals surface area (Å²) in [6.07, 6.45) is 0. The fourth-order valence-corrected chi connectivity index (χ4v) is 2.09. The van der Waals surface area contributed by atoms with E-state index in [0.29, 0.717) is 27.2 Å². The Hall–Kier alpha value is -2.44. The zero-order valence-corrected chi connectivity index (χ0v) is 14.9. The van der Waals surface area contributed by atoms with Crippen molar-refractivity contribution < 1.29 is 19.1 Å². The predicted octanol–water partition coefficient (Wildman–Crippen LogP) is 3.14. The van der Waals surface area contributed by atoms with Gasteiger partial charge in [-0.25, -0.2) is 0 Å². The van der Waals surface area contributed by atoms with Crippen molar-refractivity contribution in [2.75, 3.05) is 25.6 Å². The van der Waals surface area contributed by atoms with Crippen LogP contribution in [0.5, 0.6) is 11.5 Å². The SMILES string of the molecule is CNC(=O)COc1cccc(NC(=O)COc2ccc(Cl)c(Cl)c2)c1. The molecule has 2 N–H and O–H groups in total. The normalized spacial score (nSPS) is 10.0. The van der Waals surface area contributed by atoms with E-state index in [1.54, 1.807) is 36.4 Å². The molecule has 0 bridgehead atoms. The zero-order valence-electron chi connectivity index (χ0n) is 13.3. The van der Waals surface area contributed by atoms with Crippen molar-refractivity contribution in [3.8, 4) is 11.5 Å². The Morgan fingerprint density at radius 2 is 1.60 bits per heavy atom.